The van der Waals surface area contributed by atoms with Crippen LogP contribution in [0.2, 0.25) is 0 Å². The molecule has 27 heavy (non-hydrogen) atoms. The molecule has 0 radical (unpaired) electrons. The van der Waals surface area contributed by atoms with E-state index in [2.05, 4.69) is 15.2 Å². The van der Waals surface area contributed by atoms with Crippen LogP contribution in [0, 0.1) is 5.82 Å². The fourth-order valence-electron chi connectivity index (χ4n) is 2.77. The van der Waals surface area contributed by atoms with Gasteiger partial charge in [0, 0.05) is 24.6 Å². The molecule has 0 bridgehead atoms. The summed E-state index contributed by atoms with van der Waals surface area (Å²) >= 11 is 0. The van der Waals surface area contributed by atoms with Gasteiger partial charge in [0.2, 0.25) is 5.82 Å². The van der Waals surface area contributed by atoms with Gasteiger partial charge in [-0.25, -0.2) is 13.2 Å². The minimum atomic E-state index is -4.72. The summed E-state index contributed by atoms with van der Waals surface area (Å²) in [5.41, 5.74) is 0.119. The summed E-state index contributed by atoms with van der Waals surface area (Å²) in [7, 11) is 0. The number of rotatable bonds is 3. The first-order valence-electron chi connectivity index (χ1n) is 7.75. The van der Waals surface area contributed by atoms with Crippen LogP contribution in [0.15, 0.2) is 30.6 Å². The molecule has 0 saturated heterocycles. The zero-order chi connectivity index (χ0) is 19.4. The van der Waals surface area contributed by atoms with Crippen LogP contribution in [0.4, 0.5) is 26.3 Å². The molecule has 1 fully saturated rings. The smallest absolute Gasteiger partial charge is 0.452 e. The highest BCUT2D eigenvalue weighted by Gasteiger charge is 2.47. The van der Waals surface area contributed by atoms with E-state index in [1.807, 2.05) is 0 Å². The molecule has 0 aliphatic heterocycles. The van der Waals surface area contributed by atoms with Crippen molar-refractivity contribution < 1.29 is 31.1 Å². The summed E-state index contributed by atoms with van der Waals surface area (Å²) < 4.78 is 84.6. The Kier molecular flexibility index (Phi) is 3.79. The van der Waals surface area contributed by atoms with E-state index < -0.39 is 42.7 Å². The average Bonchev–Trinajstić information content (AvgIpc) is 2.98. The number of aromatic nitrogens is 4. The molecule has 2 aromatic heterocycles. The Bertz CT molecular complexity index is 1010. The predicted molar refractivity (Wildman–Crippen MR) is 79.8 cm³/mol. The van der Waals surface area contributed by atoms with Crippen molar-refractivity contribution in [2.75, 3.05) is 0 Å². The van der Waals surface area contributed by atoms with Crippen LogP contribution in [0.1, 0.15) is 18.7 Å². The normalized spacial score (nSPS) is 17.1. The third-order valence-electron chi connectivity index (χ3n) is 4.12. The van der Waals surface area contributed by atoms with E-state index in [4.69, 9.17) is 4.74 Å². The van der Waals surface area contributed by atoms with Crippen LogP contribution in [-0.4, -0.2) is 31.6 Å². The molecule has 1 aliphatic rings. The lowest BCUT2D eigenvalue weighted by molar-refractivity contribution is -0.145. The molecule has 5 nitrogen and oxygen atoms in total. The first-order chi connectivity index (χ1) is 12.6. The average molecular weight is 388 g/mol. The highest BCUT2D eigenvalue weighted by Crippen LogP contribution is 2.40. The summed E-state index contributed by atoms with van der Waals surface area (Å²) in [6.07, 6.45) is -4.34. The topological polar surface area (TPSA) is 52.3 Å². The van der Waals surface area contributed by atoms with E-state index in [9.17, 15) is 26.3 Å². The van der Waals surface area contributed by atoms with Crippen molar-refractivity contribution in [3.8, 4) is 17.0 Å². The molecule has 0 spiro atoms. The molecule has 0 atom stereocenters. The van der Waals surface area contributed by atoms with Crippen LogP contribution in [0.25, 0.3) is 16.9 Å². The van der Waals surface area contributed by atoms with Gasteiger partial charge in [0.15, 0.2) is 17.2 Å². The third kappa shape index (κ3) is 3.28. The van der Waals surface area contributed by atoms with Crippen molar-refractivity contribution >= 4 is 5.65 Å². The Balaban J connectivity index is 1.62. The fourth-order valence-corrected chi connectivity index (χ4v) is 2.77. The van der Waals surface area contributed by atoms with Crippen molar-refractivity contribution in [1.82, 2.24) is 19.6 Å². The number of nitrogens with zero attached hydrogens (tertiary/aromatic N) is 4. The van der Waals surface area contributed by atoms with Crippen molar-refractivity contribution in [3.05, 3.63) is 42.2 Å². The summed E-state index contributed by atoms with van der Waals surface area (Å²) in [6, 6.07) is 3.61. The van der Waals surface area contributed by atoms with E-state index in [1.54, 1.807) is 0 Å². The number of hydrogen-bond donors (Lipinski definition) is 0. The Morgan fingerprint density at radius 3 is 2.52 bits per heavy atom. The summed E-state index contributed by atoms with van der Waals surface area (Å²) in [6.45, 7) is 0. The van der Waals surface area contributed by atoms with Gasteiger partial charge in [-0.05, 0) is 18.2 Å². The van der Waals surface area contributed by atoms with Gasteiger partial charge in [0.05, 0.1) is 11.9 Å². The summed E-state index contributed by atoms with van der Waals surface area (Å²) in [5, 5.41) is 6.47. The number of hydrogen-bond acceptors (Lipinski definition) is 4. The monoisotopic (exact) mass is 388 g/mol. The molecule has 142 valence electrons. The molecule has 1 aliphatic carbocycles. The first kappa shape index (κ1) is 17.6. The summed E-state index contributed by atoms with van der Waals surface area (Å²) in [5.74, 6) is -5.06. The molecule has 0 N–H and O–H groups in total. The second kappa shape index (κ2) is 5.83. The lowest BCUT2D eigenvalue weighted by Crippen LogP contribution is -2.43. The van der Waals surface area contributed by atoms with Crippen LogP contribution in [0.5, 0.6) is 5.75 Å². The number of ether oxygens (including phenoxy) is 1. The lowest BCUT2D eigenvalue weighted by atomic mass is 9.91. The van der Waals surface area contributed by atoms with Gasteiger partial charge in [-0.2, -0.15) is 13.2 Å². The van der Waals surface area contributed by atoms with Gasteiger partial charge in [-0.3, -0.25) is 9.38 Å². The Morgan fingerprint density at radius 2 is 1.89 bits per heavy atom. The maximum atomic E-state index is 14.2. The number of alkyl halides is 5. The minimum Gasteiger partial charge on any atom is -0.487 e. The Hall–Kier alpha value is -2.85. The maximum Gasteiger partial charge on any atom is 0.452 e. The zero-order valence-corrected chi connectivity index (χ0v) is 13.3. The first-order valence-corrected chi connectivity index (χ1v) is 7.75. The quantitative estimate of drug-likeness (QED) is 0.634. The molecule has 4 rings (SSSR count). The summed E-state index contributed by atoms with van der Waals surface area (Å²) in [4.78, 5) is 3.95. The van der Waals surface area contributed by atoms with E-state index in [0.29, 0.717) is 4.40 Å². The largest absolute Gasteiger partial charge is 0.487 e. The van der Waals surface area contributed by atoms with Crippen molar-refractivity contribution in [1.29, 1.82) is 0 Å². The molecule has 0 unspecified atom stereocenters. The van der Waals surface area contributed by atoms with Gasteiger partial charge in [-0.15, -0.1) is 10.2 Å². The van der Waals surface area contributed by atoms with Gasteiger partial charge >= 0.3 is 6.18 Å². The van der Waals surface area contributed by atoms with Gasteiger partial charge in [0.1, 0.15) is 6.10 Å². The number of halogens is 6. The lowest BCUT2D eigenvalue weighted by Gasteiger charge is -2.34. The van der Waals surface area contributed by atoms with Crippen molar-refractivity contribution in [2.24, 2.45) is 0 Å². The van der Waals surface area contributed by atoms with E-state index in [-0.39, 0.29) is 22.7 Å². The highest BCUT2D eigenvalue weighted by atomic mass is 19.4. The molecule has 1 aromatic carbocycles. The van der Waals surface area contributed by atoms with Gasteiger partial charge in [0.25, 0.3) is 5.92 Å². The fraction of sp³-hybridized carbons (Fsp3) is 0.312. The van der Waals surface area contributed by atoms with E-state index in [0.717, 1.165) is 18.5 Å². The van der Waals surface area contributed by atoms with Gasteiger partial charge in [-0.1, -0.05) is 0 Å². The number of fused-ring (bicyclic) bond motifs is 1. The molecular weight excluding hydrogens is 378 g/mol. The Morgan fingerprint density at radius 1 is 1.15 bits per heavy atom. The van der Waals surface area contributed by atoms with Crippen LogP contribution >= 0.6 is 0 Å². The van der Waals surface area contributed by atoms with Crippen LogP contribution in [0.3, 0.4) is 0 Å². The zero-order valence-electron chi connectivity index (χ0n) is 13.3. The highest BCUT2D eigenvalue weighted by molar-refractivity contribution is 5.61. The van der Waals surface area contributed by atoms with Gasteiger partial charge < -0.3 is 4.74 Å². The second-order valence-corrected chi connectivity index (χ2v) is 6.17. The maximum absolute atomic E-state index is 14.2. The van der Waals surface area contributed by atoms with E-state index >= 15 is 0 Å². The minimum absolute atomic E-state index is 0.0495. The SMILES string of the molecule is Fc1cc(-c2cn3c(C(F)(F)F)nnc3cn2)ccc1OC1CC(F)(F)C1. The van der Waals surface area contributed by atoms with E-state index in [1.165, 1.54) is 12.1 Å². The molecule has 0 amide bonds. The molecule has 11 heteroatoms. The molecule has 1 saturated carbocycles. The second-order valence-electron chi connectivity index (χ2n) is 6.17. The van der Waals surface area contributed by atoms with Crippen molar-refractivity contribution in [3.63, 3.8) is 0 Å². The van der Waals surface area contributed by atoms with Crippen molar-refractivity contribution in [2.45, 2.75) is 31.0 Å². The predicted octanol–water partition coefficient (Wildman–Crippen LogP) is 4.13. The number of benzene rings is 1. The van der Waals surface area contributed by atoms with Crippen LogP contribution < -0.4 is 4.74 Å². The third-order valence-corrected chi connectivity index (χ3v) is 4.12. The Labute approximate surface area is 147 Å². The molecule has 2 heterocycles. The molecular formula is C16H10F6N4O. The molecule has 3 aromatic rings. The van der Waals surface area contributed by atoms with Crippen LogP contribution in [-0.2, 0) is 6.18 Å². The standard InChI is InChI=1S/C16H10F6N4O/c17-10-3-8(1-2-12(10)27-9-4-15(18,19)5-9)11-7-26-13(6-23-11)24-25-14(26)16(20,21)22/h1-3,6-7,9H,4-5H2.